The summed E-state index contributed by atoms with van der Waals surface area (Å²) in [4.78, 5) is 20.1. The largest absolute Gasteiger partial charge is 0.385 e. The maximum atomic E-state index is 13.4. The highest BCUT2D eigenvalue weighted by molar-refractivity contribution is 7.13. The molecule has 2 fully saturated rings. The first kappa shape index (κ1) is 19.5. The number of benzene rings is 2. The quantitative estimate of drug-likeness (QED) is 0.644. The molecule has 2 aliphatic rings. The normalized spacial score (nSPS) is 26.2. The van der Waals surface area contributed by atoms with Crippen molar-refractivity contribution in [3.63, 3.8) is 0 Å². The van der Waals surface area contributed by atoms with Crippen LogP contribution < -0.4 is 0 Å². The van der Waals surface area contributed by atoms with Crippen molar-refractivity contribution in [1.82, 2.24) is 9.88 Å². The molecule has 4 nitrogen and oxygen atoms in total. The van der Waals surface area contributed by atoms with E-state index in [4.69, 9.17) is 0 Å². The third-order valence-electron chi connectivity index (χ3n) is 6.76. The van der Waals surface area contributed by atoms with Gasteiger partial charge in [-0.3, -0.25) is 4.79 Å². The Kier molecular flexibility index (Phi) is 5.17. The van der Waals surface area contributed by atoms with E-state index >= 15 is 0 Å². The highest BCUT2D eigenvalue weighted by Gasteiger charge is 2.50. The molecule has 0 spiro atoms. The van der Waals surface area contributed by atoms with Crippen LogP contribution in [-0.2, 0) is 5.60 Å². The van der Waals surface area contributed by atoms with Crippen LogP contribution in [0.2, 0.25) is 0 Å². The minimum atomic E-state index is -0.861. The number of nitrogens with zero attached hydrogens (tertiary/aromatic N) is 2. The number of hydrogen-bond acceptors (Lipinski definition) is 4. The van der Waals surface area contributed by atoms with E-state index in [0.29, 0.717) is 18.7 Å². The second-order valence-electron chi connectivity index (χ2n) is 8.40. The molecule has 1 aliphatic heterocycles. The van der Waals surface area contributed by atoms with Crippen LogP contribution in [0.15, 0.2) is 66.0 Å². The maximum absolute atomic E-state index is 13.4. The molecule has 1 aliphatic carbocycles. The Balaban J connectivity index is 1.42. The van der Waals surface area contributed by atoms with Gasteiger partial charge >= 0.3 is 0 Å². The molecule has 0 bridgehead atoms. The van der Waals surface area contributed by atoms with Gasteiger partial charge in [-0.15, -0.1) is 11.3 Å². The number of piperidine rings is 1. The topological polar surface area (TPSA) is 53.4 Å². The van der Waals surface area contributed by atoms with Crippen LogP contribution in [0.3, 0.4) is 0 Å². The Bertz CT molecular complexity index is 1020. The van der Waals surface area contributed by atoms with Gasteiger partial charge in [0.1, 0.15) is 10.7 Å². The summed E-state index contributed by atoms with van der Waals surface area (Å²) in [6.45, 7) is 0.559. The van der Waals surface area contributed by atoms with Crippen molar-refractivity contribution in [3.05, 3.63) is 77.3 Å². The van der Waals surface area contributed by atoms with Crippen LogP contribution in [0.4, 0.5) is 0 Å². The summed E-state index contributed by atoms with van der Waals surface area (Å²) >= 11 is 1.51. The van der Waals surface area contributed by atoms with Gasteiger partial charge in [0.2, 0.25) is 0 Å². The molecule has 5 rings (SSSR count). The Labute approximate surface area is 181 Å². The summed E-state index contributed by atoms with van der Waals surface area (Å²) in [7, 11) is 0. The SMILES string of the molecule is O=C(c1csc(-c2ccccc2)n1)N1CC[C@@](O)(c2ccccc2)[C@@H]2CCCCC21. The zero-order valence-electron chi connectivity index (χ0n) is 16.9. The van der Waals surface area contributed by atoms with E-state index in [1.165, 1.54) is 11.3 Å². The van der Waals surface area contributed by atoms with E-state index in [-0.39, 0.29) is 17.9 Å². The lowest BCUT2D eigenvalue weighted by Gasteiger charge is -2.52. The number of carbonyl (C=O) groups excluding carboxylic acids is 1. The third-order valence-corrected chi connectivity index (χ3v) is 7.65. The zero-order chi connectivity index (χ0) is 20.6. The number of likely N-dealkylation sites (tertiary alicyclic amines) is 1. The van der Waals surface area contributed by atoms with Crippen molar-refractivity contribution in [2.24, 2.45) is 5.92 Å². The number of carbonyl (C=O) groups is 1. The second-order valence-corrected chi connectivity index (χ2v) is 9.26. The van der Waals surface area contributed by atoms with Gasteiger partial charge in [0.05, 0.1) is 5.60 Å². The van der Waals surface area contributed by atoms with E-state index in [0.717, 1.165) is 41.8 Å². The Morgan fingerprint density at radius 3 is 2.50 bits per heavy atom. The predicted molar refractivity (Wildman–Crippen MR) is 119 cm³/mol. The summed E-state index contributed by atoms with van der Waals surface area (Å²) in [6, 6.07) is 20.1. The van der Waals surface area contributed by atoms with Crippen molar-refractivity contribution < 1.29 is 9.90 Å². The Morgan fingerprint density at radius 1 is 1.03 bits per heavy atom. The van der Waals surface area contributed by atoms with Gasteiger partial charge in [0.25, 0.3) is 5.91 Å². The van der Waals surface area contributed by atoms with Crippen molar-refractivity contribution in [1.29, 1.82) is 0 Å². The number of aliphatic hydroxyl groups is 1. The molecule has 1 aromatic heterocycles. The second kappa shape index (κ2) is 7.97. The van der Waals surface area contributed by atoms with Gasteiger partial charge in [-0.05, 0) is 24.8 Å². The molecule has 30 heavy (non-hydrogen) atoms. The molecule has 1 amide bonds. The van der Waals surface area contributed by atoms with Crippen LogP contribution in [0.25, 0.3) is 10.6 Å². The molecule has 3 atom stereocenters. The summed E-state index contributed by atoms with van der Waals surface area (Å²) in [5.74, 6) is 0.0685. The standard InChI is InChI=1S/C25H26N2O2S/c28-24(21-17-30-23(26-21)18-9-3-1-4-10-18)27-16-15-25(29,19-11-5-2-6-12-19)20-13-7-8-14-22(20)27/h1-6,9-12,17,20,22,29H,7-8,13-16H2/t20-,22?,25-/m1/s1. The van der Waals surface area contributed by atoms with Crippen LogP contribution in [0.5, 0.6) is 0 Å². The number of aromatic nitrogens is 1. The predicted octanol–water partition coefficient (Wildman–Crippen LogP) is 5.10. The lowest BCUT2D eigenvalue weighted by Crippen LogP contribution is -2.59. The molecule has 0 radical (unpaired) electrons. The number of fused-ring (bicyclic) bond motifs is 1. The molecule has 1 unspecified atom stereocenters. The number of thiazole rings is 1. The third kappa shape index (κ3) is 3.36. The van der Waals surface area contributed by atoms with Crippen molar-refractivity contribution in [2.45, 2.75) is 43.7 Å². The monoisotopic (exact) mass is 418 g/mol. The van der Waals surface area contributed by atoms with Crippen molar-refractivity contribution in [3.8, 4) is 10.6 Å². The van der Waals surface area contributed by atoms with Gasteiger partial charge in [-0.25, -0.2) is 4.98 Å². The Hall–Kier alpha value is -2.50. The first-order valence-corrected chi connectivity index (χ1v) is 11.6. The smallest absolute Gasteiger partial charge is 0.273 e. The highest BCUT2D eigenvalue weighted by atomic mass is 32.1. The van der Waals surface area contributed by atoms with E-state index < -0.39 is 5.60 Å². The molecule has 1 N–H and O–H groups in total. The molecular weight excluding hydrogens is 392 g/mol. The minimum absolute atomic E-state index is 0.000410. The van der Waals surface area contributed by atoms with Crippen molar-refractivity contribution in [2.75, 3.05) is 6.54 Å². The Morgan fingerprint density at radius 2 is 1.73 bits per heavy atom. The van der Waals surface area contributed by atoms with Gasteiger partial charge in [-0.2, -0.15) is 0 Å². The molecule has 3 aromatic rings. The fourth-order valence-electron chi connectivity index (χ4n) is 5.25. The lowest BCUT2D eigenvalue weighted by atomic mass is 9.66. The molecule has 154 valence electrons. The maximum Gasteiger partial charge on any atom is 0.273 e. The zero-order valence-corrected chi connectivity index (χ0v) is 17.7. The molecule has 2 aromatic carbocycles. The van der Waals surface area contributed by atoms with E-state index in [9.17, 15) is 9.90 Å². The van der Waals surface area contributed by atoms with Crippen LogP contribution in [0, 0.1) is 5.92 Å². The van der Waals surface area contributed by atoms with Crippen molar-refractivity contribution >= 4 is 17.2 Å². The first-order valence-electron chi connectivity index (χ1n) is 10.8. The summed E-state index contributed by atoms with van der Waals surface area (Å²) in [5.41, 5.74) is 1.68. The lowest BCUT2D eigenvalue weighted by molar-refractivity contribution is -0.110. The average Bonchev–Trinajstić information content (AvgIpc) is 3.31. The molecule has 5 heteroatoms. The van der Waals surface area contributed by atoms with Crippen LogP contribution >= 0.6 is 11.3 Å². The van der Waals surface area contributed by atoms with Crippen LogP contribution in [0.1, 0.15) is 48.2 Å². The van der Waals surface area contributed by atoms with Crippen LogP contribution in [-0.4, -0.2) is 33.5 Å². The number of rotatable bonds is 3. The summed E-state index contributed by atoms with van der Waals surface area (Å²) < 4.78 is 0. The summed E-state index contributed by atoms with van der Waals surface area (Å²) in [6.07, 6.45) is 4.67. The number of hydrogen-bond donors (Lipinski definition) is 1. The molecule has 1 saturated carbocycles. The van der Waals surface area contributed by atoms with E-state index in [2.05, 4.69) is 4.98 Å². The van der Waals surface area contributed by atoms with Gasteiger partial charge < -0.3 is 10.0 Å². The fourth-order valence-corrected chi connectivity index (χ4v) is 6.05. The van der Waals surface area contributed by atoms with E-state index in [1.54, 1.807) is 0 Å². The van der Waals surface area contributed by atoms with E-state index in [1.807, 2.05) is 70.9 Å². The molecule has 2 heterocycles. The van der Waals surface area contributed by atoms with Gasteiger partial charge in [0, 0.05) is 29.4 Å². The summed E-state index contributed by atoms with van der Waals surface area (Å²) in [5, 5.41) is 14.5. The molecular formula is C25H26N2O2S. The highest BCUT2D eigenvalue weighted by Crippen LogP contribution is 2.47. The first-order chi connectivity index (χ1) is 14.7. The number of amides is 1. The van der Waals surface area contributed by atoms with Gasteiger partial charge in [0.15, 0.2) is 0 Å². The van der Waals surface area contributed by atoms with Gasteiger partial charge in [-0.1, -0.05) is 73.5 Å². The average molecular weight is 419 g/mol. The minimum Gasteiger partial charge on any atom is -0.385 e. The fraction of sp³-hybridized carbons (Fsp3) is 0.360. The molecule has 1 saturated heterocycles.